The van der Waals surface area contributed by atoms with Crippen LogP contribution in [0.4, 0.5) is 5.69 Å². The summed E-state index contributed by atoms with van der Waals surface area (Å²) >= 11 is 0. The molecule has 0 aliphatic carbocycles. The number of fused-ring (bicyclic) bond motifs is 1. The Hall–Kier alpha value is -2.46. The highest BCUT2D eigenvalue weighted by Gasteiger charge is 2.23. The first kappa shape index (κ1) is 15.1. The van der Waals surface area contributed by atoms with Crippen LogP contribution in [0, 0.1) is 0 Å². The summed E-state index contributed by atoms with van der Waals surface area (Å²) in [5.41, 5.74) is 10.3. The average Bonchev–Trinajstić information content (AvgIpc) is 3.01. The number of aromatic nitrogens is 1. The molecular formula is C20H23N3O. The highest BCUT2D eigenvalue weighted by atomic mass is 16.3. The number of likely N-dealkylation sites (tertiary alicyclic amines) is 1. The fourth-order valence-electron chi connectivity index (χ4n) is 3.75. The zero-order valence-corrected chi connectivity index (χ0v) is 13.7. The molecule has 24 heavy (non-hydrogen) atoms. The minimum absolute atomic E-state index is 0.337. The average molecular weight is 321 g/mol. The van der Waals surface area contributed by atoms with Crippen LogP contribution in [0.15, 0.2) is 48.7 Å². The first-order valence-electron chi connectivity index (χ1n) is 8.56. The zero-order chi connectivity index (χ0) is 16.5. The Kier molecular flexibility index (Phi) is 3.90. The topological polar surface area (TPSA) is 65.3 Å². The maximum Gasteiger partial charge on any atom is 0.116 e. The lowest BCUT2D eigenvalue weighted by molar-refractivity contribution is 0.205. The Morgan fingerprint density at radius 2 is 1.83 bits per heavy atom. The molecule has 1 aliphatic heterocycles. The lowest BCUT2D eigenvalue weighted by Gasteiger charge is -2.32. The van der Waals surface area contributed by atoms with Crippen LogP contribution in [-0.2, 0) is 6.54 Å². The predicted molar refractivity (Wildman–Crippen MR) is 98.1 cm³/mol. The molecule has 4 heteroatoms. The van der Waals surface area contributed by atoms with Gasteiger partial charge in [-0.15, -0.1) is 0 Å². The Labute approximate surface area is 141 Å². The van der Waals surface area contributed by atoms with Gasteiger partial charge in [0.1, 0.15) is 5.75 Å². The van der Waals surface area contributed by atoms with Crippen LogP contribution < -0.4 is 5.73 Å². The minimum atomic E-state index is 0.337. The van der Waals surface area contributed by atoms with Crippen molar-refractivity contribution in [3.63, 3.8) is 0 Å². The third-order valence-electron chi connectivity index (χ3n) is 5.11. The molecule has 4 nitrogen and oxygen atoms in total. The summed E-state index contributed by atoms with van der Waals surface area (Å²) in [6.07, 6.45) is 4.42. The molecular weight excluding hydrogens is 298 g/mol. The molecule has 2 heterocycles. The van der Waals surface area contributed by atoms with Gasteiger partial charge in [-0.3, -0.25) is 4.90 Å². The summed E-state index contributed by atoms with van der Waals surface area (Å²) in [5, 5.41) is 10.9. The van der Waals surface area contributed by atoms with Gasteiger partial charge in [-0.25, -0.2) is 0 Å². The molecule has 2 aromatic carbocycles. The van der Waals surface area contributed by atoms with Gasteiger partial charge in [0.15, 0.2) is 0 Å². The van der Waals surface area contributed by atoms with Crippen molar-refractivity contribution in [2.24, 2.45) is 0 Å². The highest BCUT2D eigenvalue weighted by molar-refractivity contribution is 5.85. The van der Waals surface area contributed by atoms with E-state index < -0.39 is 0 Å². The normalized spacial score (nSPS) is 16.7. The van der Waals surface area contributed by atoms with Crippen molar-refractivity contribution in [3.05, 3.63) is 59.8 Å². The van der Waals surface area contributed by atoms with Crippen LogP contribution in [0.3, 0.4) is 0 Å². The molecule has 0 bridgehead atoms. The van der Waals surface area contributed by atoms with Crippen molar-refractivity contribution in [1.29, 1.82) is 0 Å². The molecule has 3 aromatic rings. The van der Waals surface area contributed by atoms with E-state index in [1.807, 2.05) is 24.3 Å². The number of benzene rings is 2. The smallest absolute Gasteiger partial charge is 0.116 e. The van der Waals surface area contributed by atoms with E-state index in [-0.39, 0.29) is 0 Å². The van der Waals surface area contributed by atoms with E-state index in [1.165, 1.54) is 11.1 Å². The number of phenols is 1. The third kappa shape index (κ3) is 2.97. The number of rotatable bonds is 3. The molecule has 1 aromatic heterocycles. The van der Waals surface area contributed by atoms with E-state index in [1.54, 1.807) is 6.07 Å². The van der Waals surface area contributed by atoms with E-state index in [4.69, 9.17) is 5.73 Å². The van der Waals surface area contributed by atoms with Crippen LogP contribution in [0.2, 0.25) is 0 Å². The quantitative estimate of drug-likeness (QED) is 0.642. The van der Waals surface area contributed by atoms with Gasteiger partial charge >= 0.3 is 0 Å². The predicted octanol–water partition coefficient (Wildman–Crippen LogP) is 3.84. The number of aromatic amines is 1. The number of piperidine rings is 1. The molecule has 0 spiro atoms. The second-order valence-electron chi connectivity index (χ2n) is 6.77. The lowest BCUT2D eigenvalue weighted by atomic mass is 9.89. The second kappa shape index (κ2) is 6.21. The summed E-state index contributed by atoms with van der Waals surface area (Å²) < 4.78 is 0. The monoisotopic (exact) mass is 321 g/mol. The number of aromatic hydroxyl groups is 1. The van der Waals surface area contributed by atoms with Crippen molar-refractivity contribution in [2.45, 2.75) is 25.3 Å². The van der Waals surface area contributed by atoms with E-state index in [9.17, 15) is 5.11 Å². The summed E-state index contributed by atoms with van der Waals surface area (Å²) in [4.78, 5) is 5.84. The van der Waals surface area contributed by atoms with Crippen molar-refractivity contribution in [3.8, 4) is 5.75 Å². The van der Waals surface area contributed by atoms with Crippen LogP contribution in [-0.4, -0.2) is 28.1 Å². The fraction of sp³-hybridized carbons (Fsp3) is 0.300. The first-order valence-corrected chi connectivity index (χ1v) is 8.56. The Balaban J connectivity index is 1.43. The molecule has 4 rings (SSSR count). The van der Waals surface area contributed by atoms with E-state index in [2.05, 4.69) is 28.2 Å². The molecule has 1 saturated heterocycles. The third-order valence-corrected chi connectivity index (χ3v) is 5.11. The number of anilines is 1. The van der Waals surface area contributed by atoms with Crippen molar-refractivity contribution >= 4 is 16.6 Å². The Morgan fingerprint density at radius 3 is 2.58 bits per heavy atom. The summed E-state index contributed by atoms with van der Waals surface area (Å²) in [6.45, 7) is 3.18. The van der Waals surface area contributed by atoms with Crippen molar-refractivity contribution in [1.82, 2.24) is 9.88 Å². The van der Waals surface area contributed by atoms with Crippen LogP contribution >= 0.6 is 0 Å². The maximum atomic E-state index is 9.77. The van der Waals surface area contributed by atoms with Gasteiger partial charge in [-0.05, 0) is 73.3 Å². The van der Waals surface area contributed by atoms with E-state index >= 15 is 0 Å². The van der Waals surface area contributed by atoms with Gasteiger partial charge in [-0.1, -0.05) is 12.1 Å². The summed E-state index contributed by atoms with van der Waals surface area (Å²) in [5.74, 6) is 0.896. The highest BCUT2D eigenvalue weighted by Crippen LogP contribution is 2.34. The number of hydrogen-bond acceptors (Lipinski definition) is 3. The first-order chi connectivity index (χ1) is 11.7. The fourth-order valence-corrected chi connectivity index (χ4v) is 3.75. The van der Waals surface area contributed by atoms with E-state index in [0.717, 1.165) is 49.1 Å². The number of nitrogens with two attached hydrogens (primary N) is 1. The van der Waals surface area contributed by atoms with Gasteiger partial charge in [0.2, 0.25) is 0 Å². The molecule has 0 amide bonds. The van der Waals surface area contributed by atoms with Gasteiger partial charge in [-0.2, -0.15) is 0 Å². The molecule has 1 aliphatic rings. The maximum absolute atomic E-state index is 9.77. The molecule has 0 atom stereocenters. The number of nitrogen functional groups attached to an aromatic ring is 1. The number of hydrogen-bond donors (Lipinski definition) is 3. The Bertz CT molecular complexity index is 830. The number of H-pyrrole nitrogens is 1. The number of nitrogens with one attached hydrogen (secondary N) is 1. The van der Waals surface area contributed by atoms with Crippen molar-refractivity contribution < 1.29 is 5.11 Å². The Morgan fingerprint density at radius 1 is 1.08 bits per heavy atom. The molecule has 0 radical (unpaired) electrons. The molecule has 0 unspecified atom stereocenters. The standard InChI is InChI=1S/C20H23N3O/c21-16-3-1-14(2-4-16)13-23-9-7-15(8-10-23)19-12-22-20-6-5-17(24)11-18(19)20/h1-6,11-12,15,22,24H,7-10,13,21H2. The van der Waals surface area contributed by atoms with Crippen LogP contribution in [0.25, 0.3) is 10.9 Å². The summed E-state index contributed by atoms with van der Waals surface area (Å²) in [7, 11) is 0. The number of phenolic OH excluding ortho intramolecular Hbond substituents is 1. The van der Waals surface area contributed by atoms with Gasteiger partial charge < -0.3 is 15.8 Å². The van der Waals surface area contributed by atoms with Crippen LogP contribution in [0.5, 0.6) is 5.75 Å². The zero-order valence-electron chi connectivity index (χ0n) is 13.7. The molecule has 124 valence electrons. The van der Waals surface area contributed by atoms with Gasteiger partial charge in [0, 0.05) is 29.3 Å². The van der Waals surface area contributed by atoms with Crippen molar-refractivity contribution in [2.75, 3.05) is 18.8 Å². The van der Waals surface area contributed by atoms with Gasteiger partial charge in [0.05, 0.1) is 0 Å². The van der Waals surface area contributed by atoms with Crippen LogP contribution in [0.1, 0.15) is 29.9 Å². The van der Waals surface area contributed by atoms with E-state index in [0.29, 0.717) is 11.7 Å². The lowest BCUT2D eigenvalue weighted by Crippen LogP contribution is -2.32. The minimum Gasteiger partial charge on any atom is -0.508 e. The number of nitrogens with zero attached hydrogens (tertiary/aromatic N) is 1. The molecule has 0 saturated carbocycles. The molecule has 1 fully saturated rings. The van der Waals surface area contributed by atoms with Gasteiger partial charge in [0.25, 0.3) is 0 Å². The second-order valence-corrected chi connectivity index (χ2v) is 6.77. The largest absolute Gasteiger partial charge is 0.508 e. The summed E-state index contributed by atoms with van der Waals surface area (Å²) in [6, 6.07) is 13.7. The SMILES string of the molecule is Nc1ccc(CN2CCC(c3c[nH]c4ccc(O)cc34)CC2)cc1. The molecule has 4 N–H and O–H groups in total.